The highest BCUT2D eigenvalue weighted by Crippen LogP contribution is 2.48. The number of urea groups is 1. The van der Waals surface area contributed by atoms with Crippen LogP contribution in [0, 0.1) is 12.8 Å². The van der Waals surface area contributed by atoms with Gasteiger partial charge in [0.25, 0.3) is 11.8 Å². The molecule has 0 aromatic heterocycles. The molecule has 4 aliphatic rings. The maximum Gasteiger partial charge on any atom is 0.326 e. The summed E-state index contributed by atoms with van der Waals surface area (Å²) in [6.45, 7) is 7.21. The van der Waals surface area contributed by atoms with Gasteiger partial charge in [-0.25, -0.2) is 4.79 Å². The summed E-state index contributed by atoms with van der Waals surface area (Å²) in [7, 11) is 0. The number of hydrogen-bond acceptors (Lipinski definition) is 6. The van der Waals surface area contributed by atoms with E-state index in [2.05, 4.69) is 22.5 Å². The Hall–Kier alpha value is -3.47. The number of aryl methyl sites for hydroxylation is 1. The van der Waals surface area contributed by atoms with Crippen LogP contribution in [0.1, 0.15) is 24.8 Å². The van der Waals surface area contributed by atoms with E-state index in [1.165, 1.54) is 11.8 Å². The quantitative estimate of drug-likeness (QED) is 0.428. The normalized spacial score (nSPS) is 25.4. The van der Waals surface area contributed by atoms with Gasteiger partial charge in [0.05, 0.1) is 21.4 Å². The van der Waals surface area contributed by atoms with Crippen molar-refractivity contribution in [3.05, 3.63) is 76.3 Å². The van der Waals surface area contributed by atoms with E-state index < -0.39 is 0 Å². The van der Waals surface area contributed by atoms with Crippen molar-refractivity contribution in [1.82, 2.24) is 20.9 Å². The van der Waals surface area contributed by atoms with Gasteiger partial charge in [-0.1, -0.05) is 48.1 Å². The van der Waals surface area contributed by atoms with Crippen LogP contribution in [-0.4, -0.2) is 59.8 Å². The largest absolute Gasteiger partial charge is 0.457 e. The molecule has 4 aliphatic heterocycles. The molecule has 0 saturated carbocycles. The number of ether oxygens (including phenoxy) is 1. The zero-order valence-corrected chi connectivity index (χ0v) is 24.3. The highest BCUT2D eigenvalue weighted by atomic mass is 35.5. The van der Waals surface area contributed by atoms with E-state index in [0.717, 1.165) is 42.8 Å². The predicted molar refractivity (Wildman–Crippen MR) is 160 cm³/mol. The number of benzene rings is 2. The number of nitrogens with zero attached hydrogens (tertiary/aromatic N) is 2. The summed E-state index contributed by atoms with van der Waals surface area (Å²) >= 11 is 7.29. The van der Waals surface area contributed by atoms with Gasteiger partial charge < -0.3 is 25.6 Å². The molecule has 3 saturated heterocycles. The third-order valence-electron chi connectivity index (χ3n) is 8.03. The van der Waals surface area contributed by atoms with E-state index in [-0.39, 0.29) is 46.3 Å². The number of halogens is 1. The number of carbonyl (C=O) groups is 3. The molecule has 3 N–H and O–H groups in total. The Morgan fingerprint density at radius 3 is 2.71 bits per heavy atom. The first-order chi connectivity index (χ1) is 19.8. The predicted octanol–water partition coefficient (Wildman–Crippen LogP) is 4.44. The Bertz CT molecular complexity index is 1430. The van der Waals surface area contributed by atoms with Crippen LogP contribution in [0.3, 0.4) is 0 Å². The van der Waals surface area contributed by atoms with Gasteiger partial charge in [0.2, 0.25) is 0 Å². The summed E-state index contributed by atoms with van der Waals surface area (Å²) in [6.07, 6.45) is 2.28. The van der Waals surface area contributed by atoms with E-state index in [1.54, 1.807) is 4.90 Å². The van der Waals surface area contributed by atoms with Crippen LogP contribution >= 0.6 is 23.4 Å². The van der Waals surface area contributed by atoms with Crippen molar-refractivity contribution in [1.29, 1.82) is 0 Å². The molecule has 3 unspecified atom stereocenters. The van der Waals surface area contributed by atoms with E-state index in [9.17, 15) is 14.4 Å². The molecule has 11 heteroatoms. The van der Waals surface area contributed by atoms with Crippen LogP contribution in [0.4, 0.5) is 10.5 Å². The molecule has 214 valence electrons. The molecule has 2 aromatic carbocycles. The van der Waals surface area contributed by atoms with Crippen LogP contribution in [-0.2, 0) is 9.59 Å². The third kappa shape index (κ3) is 5.43. The first-order valence-corrected chi connectivity index (χ1v) is 15.1. The number of hydrogen-bond donors (Lipinski definition) is 3. The molecule has 4 amide bonds. The number of likely N-dealkylation sites (tertiary alicyclic amines) is 1. The van der Waals surface area contributed by atoms with Gasteiger partial charge in [-0.2, -0.15) is 0 Å². The van der Waals surface area contributed by atoms with Crippen LogP contribution in [0.15, 0.2) is 70.7 Å². The Balaban J connectivity index is 1.21. The number of para-hydroxylation sites is 1. The molecule has 4 atom stereocenters. The minimum atomic E-state index is -0.310. The topological polar surface area (TPSA) is 103 Å². The Kier molecular flexibility index (Phi) is 7.72. The number of anilines is 1. The molecule has 2 aromatic rings. The van der Waals surface area contributed by atoms with Gasteiger partial charge in [-0.15, -0.1) is 0 Å². The van der Waals surface area contributed by atoms with Crippen molar-refractivity contribution >= 4 is 46.9 Å². The first kappa shape index (κ1) is 27.7. The summed E-state index contributed by atoms with van der Waals surface area (Å²) in [5.74, 6) is 0.854. The van der Waals surface area contributed by atoms with Gasteiger partial charge >= 0.3 is 6.03 Å². The molecular formula is C30H32ClN5O4S. The molecule has 0 bridgehead atoms. The van der Waals surface area contributed by atoms with Crippen molar-refractivity contribution in [3.8, 4) is 11.5 Å². The highest BCUT2D eigenvalue weighted by Gasteiger charge is 2.52. The summed E-state index contributed by atoms with van der Waals surface area (Å²) in [5.41, 5.74) is 2.43. The molecule has 4 heterocycles. The van der Waals surface area contributed by atoms with Gasteiger partial charge in [-0.05, 0) is 68.6 Å². The smallest absolute Gasteiger partial charge is 0.326 e. The lowest BCUT2D eigenvalue weighted by Gasteiger charge is -2.46. The maximum atomic E-state index is 13.6. The Morgan fingerprint density at radius 2 is 1.95 bits per heavy atom. The van der Waals surface area contributed by atoms with Crippen LogP contribution in [0.2, 0.25) is 0 Å². The Morgan fingerprint density at radius 1 is 1.15 bits per heavy atom. The molecule has 3 fully saturated rings. The summed E-state index contributed by atoms with van der Waals surface area (Å²) in [6, 6.07) is 14.8. The number of carbonyl (C=O) groups excluding carboxylic acids is 3. The number of piperidine rings is 2. The van der Waals surface area contributed by atoms with E-state index in [1.807, 2.05) is 60.4 Å². The van der Waals surface area contributed by atoms with Crippen molar-refractivity contribution in [2.75, 3.05) is 24.5 Å². The van der Waals surface area contributed by atoms with Gasteiger partial charge in [0.1, 0.15) is 11.5 Å². The lowest BCUT2D eigenvalue weighted by Crippen LogP contribution is -2.62. The number of amides is 4. The van der Waals surface area contributed by atoms with E-state index in [4.69, 9.17) is 16.3 Å². The zero-order valence-electron chi connectivity index (χ0n) is 22.7. The number of thioether (sulfide) groups is 1. The lowest BCUT2D eigenvalue weighted by molar-refractivity contribution is -0.128. The van der Waals surface area contributed by atoms with E-state index >= 15 is 0 Å². The fraction of sp³-hybridized carbons (Fsp3) is 0.367. The molecule has 9 nitrogen and oxygen atoms in total. The average Bonchev–Trinajstić information content (AvgIpc) is 3.33. The Labute approximate surface area is 248 Å². The van der Waals surface area contributed by atoms with Gasteiger partial charge in [-0.3, -0.25) is 14.5 Å². The second-order valence-electron chi connectivity index (χ2n) is 10.7. The molecular weight excluding hydrogens is 562 g/mol. The second kappa shape index (κ2) is 11.4. The monoisotopic (exact) mass is 593 g/mol. The standard InChI is InChI=1S/C30H32ClN5O4S/c1-17-15-21(40-20-8-4-3-5-9-20)10-11-22(17)36-23-12-13-32-28-24(23)25(34-30(36)39)26(41-28)27(37)33-19-7-6-14-35(16-19)29(38)18(2)31/h3-5,8-11,15,19,23-24,28,32H,2,6-7,12-14,16H2,1H3,(H,33,37)(H,34,39)/t19-,23?,24?,28?/m1/s1. The van der Waals surface area contributed by atoms with Crippen LogP contribution in [0.25, 0.3) is 0 Å². The van der Waals surface area contributed by atoms with Crippen LogP contribution < -0.4 is 25.6 Å². The van der Waals surface area contributed by atoms with Crippen molar-refractivity contribution < 1.29 is 19.1 Å². The number of rotatable bonds is 6. The SMILES string of the molecule is C=C(Cl)C(=O)N1CCC[C@@H](NC(=O)C2=C3NC(=O)N(c4ccc(Oc5ccccc5)cc4C)C4CCNC(S2)C34)C1. The molecule has 6 rings (SSSR count). The first-order valence-electron chi connectivity index (χ1n) is 13.8. The molecule has 0 aliphatic carbocycles. The minimum absolute atomic E-state index is 0.0300. The second-order valence-corrected chi connectivity index (χ2v) is 12.4. The molecule has 41 heavy (non-hydrogen) atoms. The van der Waals surface area contributed by atoms with E-state index in [0.29, 0.717) is 29.4 Å². The van der Waals surface area contributed by atoms with Gasteiger partial charge in [0.15, 0.2) is 0 Å². The fourth-order valence-electron chi connectivity index (χ4n) is 6.19. The summed E-state index contributed by atoms with van der Waals surface area (Å²) in [5, 5.41) is 9.64. The summed E-state index contributed by atoms with van der Waals surface area (Å²) in [4.78, 5) is 43.5. The van der Waals surface area contributed by atoms with Gasteiger partial charge in [0, 0.05) is 36.4 Å². The van der Waals surface area contributed by atoms with Crippen molar-refractivity contribution in [2.24, 2.45) is 5.92 Å². The maximum absolute atomic E-state index is 13.6. The lowest BCUT2D eigenvalue weighted by atomic mass is 9.86. The minimum Gasteiger partial charge on any atom is -0.457 e. The van der Waals surface area contributed by atoms with Crippen molar-refractivity contribution in [3.63, 3.8) is 0 Å². The van der Waals surface area contributed by atoms with Crippen molar-refractivity contribution in [2.45, 2.75) is 43.6 Å². The van der Waals surface area contributed by atoms with Crippen LogP contribution in [0.5, 0.6) is 11.5 Å². The highest BCUT2D eigenvalue weighted by molar-refractivity contribution is 8.04. The zero-order chi connectivity index (χ0) is 28.7. The fourth-order valence-corrected chi connectivity index (χ4v) is 7.71. The molecule has 0 radical (unpaired) electrons. The third-order valence-corrected chi connectivity index (χ3v) is 9.55. The number of nitrogens with one attached hydrogen (secondary N) is 3. The summed E-state index contributed by atoms with van der Waals surface area (Å²) < 4.78 is 6.00. The molecule has 0 spiro atoms. The average molecular weight is 594 g/mol.